The molecule has 1 heterocycles. The number of ether oxygens (including phenoxy) is 1. The molecular weight excluding hydrogens is 258 g/mol. The molecule has 0 atom stereocenters. The van der Waals surface area contributed by atoms with E-state index in [1.165, 1.54) is 0 Å². The number of fused-ring (bicyclic) bond motifs is 1. The normalized spacial score (nSPS) is 11.4. The Morgan fingerprint density at radius 3 is 2.70 bits per heavy atom. The number of aliphatic hydroxyl groups is 2. The van der Waals surface area contributed by atoms with Crippen molar-refractivity contribution in [3.8, 4) is 5.75 Å². The number of hydrogen-bond donors (Lipinski definition) is 2. The first-order valence-corrected chi connectivity index (χ1v) is 6.77. The number of benzene rings is 1. The van der Waals surface area contributed by atoms with Crippen LogP contribution in [0.5, 0.6) is 5.75 Å². The number of nitrogens with zero attached hydrogens (tertiary/aromatic N) is 1. The first kappa shape index (κ1) is 14.8. The highest BCUT2D eigenvalue weighted by Crippen LogP contribution is 2.24. The van der Waals surface area contributed by atoms with Gasteiger partial charge >= 0.3 is 0 Å². The lowest BCUT2D eigenvalue weighted by Gasteiger charge is -2.19. The molecule has 2 rings (SSSR count). The quantitative estimate of drug-likeness (QED) is 0.768. The molecule has 0 fully saturated rings. The van der Waals surface area contributed by atoms with Crippen molar-refractivity contribution in [3.63, 3.8) is 0 Å². The van der Waals surface area contributed by atoms with Crippen LogP contribution in [-0.2, 0) is 6.54 Å². The molecule has 1 aromatic heterocycles. The summed E-state index contributed by atoms with van der Waals surface area (Å²) >= 11 is 0. The van der Waals surface area contributed by atoms with Crippen LogP contribution in [0.25, 0.3) is 11.0 Å². The van der Waals surface area contributed by atoms with Crippen LogP contribution < -0.4 is 4.74 Å². The number of rotatable bonds is 8. The largest absolute Gasteiger partial charge is 0.497 e. The molecule has 5 nitrogen and oxygen atoms in total. The monoisotopic (exact) mass is 279 g/mol. The number of methoxy groups -OCH3 is 1. The van der Waals surface area contributed by atoms with Gasteiger partial charge < -0.3 is 19.4 Å². The molecule has 110 valence electrons. The van der Waals surface area contributed by atoms with Crippen molar-refractivity contribution in [2.75, 3.05) is 33.4 Å². The SMILES string of the molecule is COc1ccc2oc(CN(CCO)CCCO)cc2c1. The van der Waals surface area contributed by atoms with Crippen LogP contribution in [0, 0.1) is 0 Å². The van der Waals surface area contributed by atoms with Gasteiger partial charge in [-0.15, -0.1) is 0 Å². The fraction of sp³-hybridized carbons (Fsp3) is 0.467. The van der Waals surface area contributed by atoms with Gasteiger partial charge in [-0.3, -0.25) is 4.90 Å². The Hall–Kier alpha value is -1.56. The van der Waals surface area contributed by atoms with Gasteiger partial charge in [0.05, 0.1) is 20.3 Å². The Bertz CT molecular complexity index is 538. The highest BCUT2D eigenvalue weighted by Gasteiger charge is 2.10. The standard InChI is InChI=1S/C15H21NO4/c1-19-13-3-4-15-12(9-13)10-14(20-15)11-16(6-8-18)5-2-7-17/h3-4,9-10,17-18H,2,5-8,11H2,1H3. The number of hydrogen-bond acceptors (Lipinski definition) is 5. The molecular formula is C15H21NO4. The molecule has 0 saturated heterocycles. The molecule has 2 N–H and O–H groups in total. The van der Waals surface area contributed by atoms with Gasteiger partial charge in [0, 0.05) is 25.1 Å². The average Bonchev–Trinajstić information content (AvgIpc) is 2.86. The van der Waals surface area contributed by atoms with Gasteiger partial charge in [-0.25, -0.2) is 0 Å². The molecule has 2 aromatic rings. The van der Waals surface area contributed by atoms with E-state index in [0.717, 1.165) is 29.0 Å². The highest BCUT2D eigenvalue weighted by atomic mass is 16.5. The van der Waals surface area contributed by atoms with E-state index in [2.05, 4.69) is 4.90 Å². The van der Waals surface area contributed by atoms with E-state index in [0.29, 0.717) is 19.5 Å². The zero-order chi connectivity index (χ0) is 14.4. The van der Waals surface area contributed by atoms with Gasteiger partial charge in [-0.2, -0.15) is 0 Å². The zero-order valence-electron chi connectivity index (χ0n) is 11.7. The van der Waals surface area contributed by atoms with E-state index in [-0.39, 0.29) is 13.2 Å². The van der Waals surface area contributed by atoms with E-state index < -0.39 is 0 Å². The molecule has 0 amide bonds. The fourth-order valence-electron chi connectivity index (χ4n) is 2.21. The van der Waals surface area contributed by atoms with Crippen LogP contribution in [0.4, 0.5) is 0 Å². The Balaban J connectivity index is 2.10. The Morgan fingerprint density at radius 2 is 2.00 bits per heavy atom. The molecule has 0 unspecified atom stereocenters. The molecule has 0 spiro atoms. The third kappa shape index (κ3) is 3.72. The summed E-state index contributed by atoms with van der Waals surface area (Å²) < 4.78 is 11.0. The maximum absolute atomic E-state index is 9.07. The van der Waals surface area contributed by atoms with Crippen LogP contribution >= 0.6 is 0 Å². The van der Waals surface area contributed by atoms with Crippen molar-refractivity contribution in [2.24, 2.45) is 0 Å². The first-order chi connectivity index (χ1) is 9.76. The Labute approximate surface area is 118 Å². The van der Waals surface area contributed by atoms with Crippen LogP contribution in [-0.4, -0.2) is 48.5 Å². The Morgan fingerprint density at radius 1 is 1.15 bits per heavy atom. The molecule has 0 bridgehead atoms. The molecule has 0 aliphatic carbocycles. The van der Waals surface area contributed by atoms with E-state index in [9.17, 15) is 0 Å². The van der Waals surface area contributed by atoms with Gasteiger partial charge in [0.2, 0.25) is 0 Å². The molecule has 0 radical (unpaired) electrons. The van der Waals surface area contributed by atoms with Crippen molar-refractivity contribution in [1.29, 1.82) is 0 Å². The lowest BCUT2D eigenvalue weighted by molar-refractivity contribution is 0.167. The summed E-state index contributed by atoms with van der Waals surface area (Å²) in [6, 6.07) is 7.68. The van der Waals surface area contributed by atoms with Crippen molar-refractivity contribution in [1.82, 2.24) is 4.90 Å². The lowest BCUT2D eigenvalue weighted by Crippen LogP contribution is -2.27. The summed E-state index contributed by atoms with van der Waals surface area (Å²) in [7, 11) is 1.64. The summed E-state index contributed by atoms with van der Waals surface area (Å²) in [4.78, 5) is 2.06. The highest BCUT2D eigenvalue weighted by molar-refractivity contribution is 5.79. The smallest absolute Gasteiger partial charge is 0.134 e. The van der Waals surface area contributed by atoms with Crippen molar-refractivity contribution in [3.05, 3.63) is 30.0 Å². The minimum atomic E-state index is 0.0967. The van der Waals surface area contributed by atoms with Crippen molar-refractivity contribution < 1.29 is 19.4 Å². The summed E-state index contributed by atoms with van der Waals surface area (Å²) in [5, 5.41) is 19.0. The molecule has 0 saturated carbocycles. The number of furan rings is 1. The second-order valence-corrected chi connectivity index (χ2v) is 4.69. The Kier molecular flexibility index (Phi) is 5.40. The van der Waals surface area contributed by atoms with E-state index >= 15 is 0 Å². The van der Waals surface area contributed by atoms with Gasteiger partial charge in [-0.05, 0) is 30.7 Å². The number of aliphatic hydroxyl groups excluding tert-OH is 2. The van der Waals surface area contributed by atoms with Crippen LogP contribution in [0.3, 0.4) is 0 Å². The van der Waals surface area contributed by atoms with E-state index in [1.807, 2.05) is 24.3 Å². The second-order valence-electron chi connectivity index (χ2n) is 4.69. The van der Waals surface area contributed by atoms with Crippen LogP contribution in [0.2, 0.25) is 0 Å². The van der Waals surface area contributed by atoms with E-state index in [1.54, 1.807) is 7.11 Å². The summed E-state index contributed by atoms with van der Waals surface area (Å²) in [5.41, 5.74) is 0.826. The van der Waals surface area contributed by atoms with Gasteiger partial charge in [0.1, 0.15) is 17.1 Å². The molecule has 20 heavy (non-hydrogen) atoms. The molecule has 5 heteroatoms. The maximum atomic E-state index is 9.07. The summed E-state index contributed by atoms with van der Waals surface area (Å²) in [5.74, 6) is 1.65. The van der Waals surface area contributed by atoms with Gasteiger partial charge in [0.25, 0.3) is 0 Å². The summed E-state index contributed by atoms with van der Waals surface area (Å²) in [6.07, 6.45) is 0.689. The van der Waals surface area contributed by atoms with E-state index in [4.69, 9.17) is 19.4 Å². The third-order valence-electron chi connectivity index (χ3n) is 3.20. The molecule has 0 aliphatic heterocycles. The van der Waals surface area contributed by atoms with Crippen molar-refractivity contribution >= 4 is 11.0 Å². The summed E-state index contributed by atoms with van der Waals surface area (Å²) in [6.45, 7) is 2.17. The van der Waals surface area contributed by atoms with Crippen LogP contribution in [0.1, 0.15) is 12.2 Å². The average molecular weight is 279 g/mol. The third-order valence-corrected chi connectivity index (χ3v) is 3.20. The predicted octanol–water partition coefficient (Wildman–Crippen LogP) is 1.62. The predicted molar refractivity (Wildman–Crippen MR) is 76.8 cm³/mol. The topological polar surface area (TPSA) is 66.1 Å². The second kappa shape index (κ2) is 7.28. The first-order valence-electron chi connectivity index (χ1n) is 6.77. The van der Waals surface area contributed by atoms with Gasteiger partial charge in [-0.1, -0.05) is 0 Å². The minimum absolute atomic E-state index is 0.0967. The molecule has 0 aliphatic rings. The maximum Gasteiger partial charge on any atom is 0.134 e. The molecule has 1 aromatic carbocycles. The van der Waals surface area contributed by atoms with Crippen molar-refractivity contribution in [2.45, 2.75) is 13.0 Å². The zero-order valence-corrected chi connectivity index (χ0v) is 11.7. The minimum Gasteiger partial charge on any atom is -0.497 e. The van der Waals surface area contributed by atoms with Crippen LogP contribution in [0.15, 0.2) is 28.7 Å². The lowest BCUT2D eigenvalue weighted by atomic mass is 10.2. The van der Waals surface area contributed by atoms with Gasteiger partial charge in [0.15, 0.2) is 0 Å². The fourth-order valence-corrected chi connectivity index (χ4v) is 2.21.